The number of aryl methyl sites for hydroxylation is 5. The molecule has 0 saturated carbocycles. The summed E-state index contributed by atoms with van der Waals surface area (Å²) in [5, 5.41) is 2.97. The first-order chi connectivity index (χ1) is 18.0. The highest BCUT2D eigenvalue weighted by molar-refractivity contribution is 5.77. The molecule has 0 radical (unpaired) electrons. The maximum Gasteiger partial charge on any atom is 0.257 e. The van der Waals surface area contributed by atoms with E-state index in [0.29, 0.717) is 13.2 Å². The van der Waals surface area contributed by atoms with E-state index in [1.807, 2.05) is 56.3 Å². The summed E-state index contributed by atoms with van der Waals surface area (Å²) in [6.07, 6.45) is 3.59. The largest absolute Gasteiger partial charge is 0.493 e. The summed E-state index contributed by atoms with van der Waals surface area (Å²) >= 11 is 0. The van der Waals surface area contributed by atoms with Crippen LogP contribution in [0.25, 0.3) is 11.0 Å². The van der Waals surface area contributed by atoms with Gasteiger partial charge in [0.15, 0.2) is 6.61 Å². The van der Waals surface area contributed by atoms with Gasteiger partial charge in [0.1, 0.15) is 17.3 Å². The number of rotatable bonds is 13. The number of para-hydroxylation sites is 3. The molecule has 0 fully saturated rings. The van der Waals surface area contributed by atoms with Crippen molar-refractivity contribution in [2.75, 3.05) is 19.8 Å². The molecule has 4 aromatic rings. The Morgan fingerprint density at radius 1 is 0.865 bits per heavy atom. The lowest BCUT2D eigenvalue weighted by Gasteiger charge is -2.12. The first kappa shape index (κ1) is 26.3. The molecule has 1 heterocycles. The first-order valence-electron chi connectivity index (χ1n) is 13.1. The lowest BCUT2D eigenvalue weighted by atomic mass is 10.1. The summed E-state index contributed by atoms with van der Waals surface area (Å²) in [6, 6.07) is 22.4. The van der Waals surface area contributed by atoms with Gasteiger partial charge in [-0.1, -0.05) is 42.5 Å². The van der Waals surface area contributed by atoms with Crippen LogP contribution in [0, 0.1) is 20.8 Å². The normalized spacial score (nSPS) is 11.0. The van der Waals surface area contributed by atoms with Crippen molar-refractivity contribution in [3.05, 3.63) is 89.2 Å². The van der Waals surface area contributed by atoms with E-state index in [1.165, 1.54) is 0 Å². The summed E-state index contributed by atoms with van der Waals surface area (Å²) in [6.45, 7) is 8.26. The van der Waals surface area contributed by atoms with Gasteiger partial charge in [-0.2, -0.15) is 0 Å². The predicted octanol–water partition coefficient (Wildman–Crippen LogP) is 5.95. The third kappa shape index (κ3) is 7.35. The van der Waals surface area contributed by atoms with Crippen molar-refractivity contribution in [1.29, 1.82) is 0 Å². The number of nitrogens with zero attached hydrogens (tertiary/aromatic N) is 2. The van der Waals surface area contributed by atoms with Crippen molar-refractivity contribution in [2.45, 2.75) is 53.0 Å². The van der Waals surface area contributed by atoms with Gasteiger partial charge in [0.05, 0.1) is 17.6 Å². The molecule has 0 saturated heterocycles. The van der Waals surface area contributed by atoms with Crippen molar-refractivity contribution in [3.8, 4) is 11.5 Å². The van der Waals surface area contributed by atoms with Crippen molar-refractivity contribution in [2.24, 2.45) is 0 Å². The Kier molecular flexibility index (Phi) is 9.19. The third-order valence-corrected chi connectivity index (χ3v) is 6.46. The van der Waals surface area contributed by atoms with Gasteiger partial charge in [-0.25, -0.2) is 4.98 Å². The Hall–Kier alpha value is -3.80. The molecule has 0 aliphatic carbocycles. The molecule has 3 aromatic carbocycles. The number of carbonyl (C=O) groups is 1. The number of benzene rings is 3. The lowest BCUT2D eigenvalue weighted by molar-refractivity contribution is -0.123. The highest BCUT2D eigenvalue weighted by Crippen LogP contribution is 2.20. The fourth-order valence-corrected chi connectivity index (χ4v) is 4.37. The van der Waals surface area contributed by atoms with Gasteiger partial charge in [0.2, 0.25) is 0 Å². The van der Waals surface area contributed by atoms with Crippen molar-refractivity contribution >= 4 is 16.9 Å². The van der Waals surface area contributed by atoms with Gasteiger partial charge in [0, 0.05) is 19.5 Å². The number of aromatic nitrogens is 2. The minimum Gasteiger partial charge on any atom is -0.493 e. The molecule has 6 heteroatoms. The van der Waals surface area contributed by atoms with Gasteiger partial charge in [0.25, 0.3) is 5.91 Å². The van der Waals surface area contributed by atoms with Crippen LogP contribution in [-0.4, -0.2) is 35.2 Å². The monoisotopic (exact) mass is 499 g/mol. The number of unbranched alkanes of at least 4 members (excludes halogenated alkanes) is 1. The van der Waals surface area contributed by atoms with E-state index in [2.05, 4.69) is 41.1 Å². The fraction of sp³-hybridized carbons (Fsp3) is 0.355. The van der Waals surface area contributed by atoms with Gasteiger partial charge >= 0.3 is 0 Å². The summed E-state index contributed by atoms with van der Waals surface area (Å²) in [4.78, 5) is 17.2. The van der Waals surface area contributed by atoms with E-state index in [0.717, 1.165) is 77.3 Å². The Morgan fingerprint density at radius 3 is 2.51 bits per heavy atom. The van der Waals surface area contributed by atoms with Gasteiger partial charge in [-0.15, -0.1) is 0 Å². The number of ether oxygens (including phenoxy) is 2. The Labute approximate surface area is 219 Å². The van der Waals surface area contributed by atoms with Crippen molar-refractivity contribution < 1.29 is 14.3 Å². The molecule has 0 spiro atoms. The molecule has 1 aromatic heterocycles. The standard InChI is InChI=1S/C31H37N3O3/c1-23-16-17-25(3)29(21-23)37-22-31(35)32-18-10-15-30-33-26-12-5-6-13-27(26)34(30)19-8-9-20-36-28-14-7-4-11-24(28)2/h4-7,11-14,16-17,21H,8-10,15,18-20,22H2,1-3H3,(H,32,35). The second-order valence-corrected chi connectivity index (χ2v) is 9.50. The molecule has 1 N–H and O–H groups in total. The van der Waals surface area contributed by atoms with Crippen LogP contribution in [-0.2, 0) is 17.8 Å². The summed E-state index contributed by atoms with van der Waals surface area (Å²) in [5.41, 5.74) is 5.47. The Morgan fingerprint density at radius 2 is 1.65 bits per heavy atom. The van der Waals surface area contributed by atoms with Crippen LogP contribution in [0.4, 0.5) is 0 Å². The van der Waals surface area contributed by atoms with Crippen LogP contribution < -0.4 is 14.8 Å². The minimum atomic E-state index is -0.108. The number of imidazole rings is 1. The predicted molar refractivity (Wildman–Crippen MR) is 148 cm³/mol. The third-order valence-electron chi connectivity index (χ3n) is 6.46. The molecule has 0 aliphatic rings. The van der Waals surface area contributed by atoms with Gasteiger partial charge in [-0.05, 0) is 81.0 Å². The summed E-state index contributed by atoms with van der Waals surface area (Å²) < 4.78 is 14.0. The van der Waals surface area contributed by atoms with Gasteiger partial charge < -0.3 is 19.4 Å². The molecule has 37 heavy (non-hydrogen) atoms. The number of amides is 1. The van der Waals surface area contributed by atoms with E-state index < -0.39 is 0 Å². The van der Waals surface area contributed by atoms with E-state index in [-0.39, 0.29) is 12.5 Å². The zero-order valence-electron chi connectivity index (χ0n) is 22.1. The maximum absolute atomic E-state index is 12.3. The molecule has 194 valence electrons. The zero-order chi connectivity index (χ0) is 26.0. The van der Waals surface area contributed by atoms with Crippen LogP contribution >= 0.6 is 0 Å². The van der Waals surface area contributed by atoms with Crippen LogP contribution in [0.3, 0.4) is 0 Å². The van der Waals surface area contributed by atoms with Crippen LogP contribution in [0.2, 0.25) is 0 Å². The maximum atomic E-state index is 12.3. The molecule has 1 amide bonds. The van der Waals surface area contributed by atoms with E-state index in [4.69, 9.17) is 14.5 Å². The van der Waals surface area contributed by atoms with Crippen molar-refractivity contribution in [3.63, 3.8) is 0 Å². The highest BCUT2D eigenvalue weighted by atomic mass is 16.5. The lowest BCUT2D eigenvalue weighted by Crippen LogP contribution is -2.30. The average Bonchev–Trinajstić information content (AvgIpc) is 3.25. The van der Waals surface area contributed by atoms with Crippen LogP contribution in [0.5, 0.6) is 11.5 Å². The number of fused-ring (bicyclic) bond motifs is 1. The van der Waals surface area contributed by atoms with E-state index >= 15 is 0 Å². The fourth-order valence-electron chi connectivity index (χ4n) is 4.37. The Bertz CT molecular complexity index is 1330. The second kappa shape index (κ2) is 12.9. The molecule has 6 nitrogen and oxygen atoms in total. The van der Waals surface area contributed by atoms with E-state index in [1.54, 1.807) is 0 Å². The van der Waals surface area contributed by atoms with Crippen LogP contribution in [0.1, 0.15) is 41.8 Å². The Balaban J connectivity index is 1.24. The molecule has 0 bridgehead atoms. The van der Waals surface area contributed by atoms with Crippen LogP contribution in [0.15, 0.2) is 66.7 Å². The van der Waals surface area contributed by atoms with E-state index in [9.17, 15) is 4.79 Å². The van der Waals surface area contributed by atoms with Gasteiger partial charge in [-0.3, -0.25) is 4.79 Å². The highest BCUT2D eigenvalue weighted by Gasteiger charge is 2.11. The first-order valence-corrected chi connectivity index (χ1v) is 13.1. The summed E-state index contributed by atoms with van der Waals surface area (Å²) in [7, 11) is 0. The quantitative estimate of drug-likeness (QED) is 0.231. The molecule has 4 rings (SSSR count). The number of hydrogen-bond donors (Lipinski definition) is 1. The number of hydrogen-bond acceptors (Lipinski definition) is 4. The summed E-state index contributed by atoms with van der Waals surface area (Å²) in [5.74, 6) is 2.66. The number of carbonyl (C=O) groups excluding carboxylic acids is 1. The molecule has 0 unspecified atom stereocenters. The van der Waals surface area contributed by atoms with Crippen molar-refractivity contribution in [1.82, 2.24) is 14.9 Å². The molecule has 0 atom stereocenters. The minimum absolute atomic E-state index is 0.0212. The molecular weight excluding hydrogens is 462 g/mol. The molecule has 0 aliphatic heterocycles. The number of nitrogens with one attached hydrogen (secondary N) is 1. The second-order valence-electron chi connectivity index (χ2n) is 9.50. The molecular formula is C31H37N3O3. The topological polar surface area (TPSA) is 65.4 Å². The smallest absolute Gasteiger partial charge is 0.257 e. The average molecular weight is 500 g/mol. The SMILES string of the molecule is Cc1ccc(C)c(OCC(=O)NCCCc2nc3ccccc3n2CCCCOc2ccccc2C)c1. The zero-order valence-corrected chi connectivity index (χ0v) is 22.1.